The Balaban J connectivity index is 1.44. The van der Waals surface area contributed by atoms with Gasteiger partial charge in [-0.05, 0) is 56.7 Å². The fraction of sp³-hybridized carbons (Fsp3) is 0.222. The molecule has 1 atom stereocenters. The van der Waals surface area contributed by atoms with E-state index in [2.05, 4.69) is 38.7 Å². The number of ether oxygens (including phenoxy) is 1. The predicted molar refractivity (Wildman–Crippen MR) is 137 cm³/mol. The molecule has 4 rings (SSSR count). The van der Waals surface area contributed by atoms with Crippen LogP contribution in [0.5, 0.6) is 0 Å². The van der Waals surface area contributed by atoms with Crippen LogP contribution in [0.2, 0.25) is 0 Å². The molecule has 0 heterocycles. The van der Waals surface area contributed by atoms with Crippen molar-refractivity contribution in [3.8, 4) is 11.1 Å². The molecule has 0 saturated carbocycles. The van der Waals surface area contributed by atoms with Crippen molar-refractivity contribution in [1.82, 2.24) is 5.32 Å². The lowest BCUT2D eigenvalue weighted by atomic mass is 9.98. The molecule has 3 N–H and O–H groups in total. The predicted octanol–water partition coefficient (Wildman–Crippen LogP) is 5.79. The first-order valence-corrected chi connectivity index (χ1v) is 12.1. The summed E-state index contributed by atoms with van der Waals surface area (Å²) < 4.78 is 6.00. The quantitative estimate of drug-likeness (QED) is 0.337. The van der Waals surface area contributed by atoms with Gasteiger partial charge < -0.3 is 20.5 Å². The Morgan fingerprint density at radius 2 is 1.60 bits per heavy atom. The highest BCUT2D eigenvalue weighted by Gasteiger charge is 2.30. The van der Waals surface area contributed by atoms with E-state index in [-0.39, 0.29) is 23.8 Å². The van der Waals surface area contributed by atoms with Gasteiger partial charge in [0.05, 0.1) is 11.3 Å². The number of anilines is 1. The standard InChI is InChI=1S/C27H25BrN2O5/c1-2-8-23(25(31)30-24-20(26(32)33)13-7-14-22(24)28)29-27(34)35-15-21-18-11-5-3-9-16(18)17-10-4-6-12-19(17)21/h3-7,9-14,21,23H,2,8,15H2,1H3,(H,29,34)(H,30,31)(H,32,33)/t23-/m1/s1. The number of benzene rings is 3. The van der Waals surface area contributed by atoms with Crippen LogP contribution in [0.25, 0.3) is 11.1 Å². The molecule has 0 aliphatic heterocycles. The maximum Gasteiger partial charge on any atom is 0.407 e. The zero-order valence-corrected chi connectivity index (χ0v) is 20.7. The van der Waals surface area contributed by atoms with E-state index in [1.807, 2.05) is 43.3 Å². The van der Waals surface area contributed by atoms with Crippen molar-refractivity contribution in [1.29, 1.82) is 0 Å². The maximum atomic E-state index is 13.0. The Morgan fingerprint density at radius 1 is 0.971 bits per heavy atom. The number of carboxylic acid groups (broad SMARTS) is 1. The van der Waals surface area contributed by atoms with E-state index in [4.69, 9.17) is 4.74 Å². The van der Waals surface area contributed by atoms with E-state index in [0.29, 0.717) is 17.3 Å². The average Bonchev–Trinajstić information content (AvgIpc) is 3.17. The van der Waals surface area contributed by atoms with Crippen LogP contribution in [-0.4, -0.2) is 35.7 Å². The number of halogens is 1. The summed E-state index contributed by atoms with van der Waals surface area (Å²) in [7, 11) is 0. The van der Waals surface area contributed by atoms with Crippen molar-refractivity contribution in [2.24, 2.45) is 0 Å². The molecule has 1 aliphatic carbocycles. The number of carbonyl (C=O) groups excluding carboxylic acids is 2. The molecule has 3 aromatic rings. The van der Waals surface area contributed by atoms with Crippen LogP contribution in [0.3, 0.4) is 0 Å². The summed E-state index contributed by atoms with van der Waals surface area (Å²) >= 11 is 3.28. The molecular formula is C27H25BrN2O5. The third kappa shape index (κ3) is 5.22. The van der Waals surface area contributed by atoms with Crippen LogP contribution in [0, 0.1) is 0 Å². The molecular weight excluding hydrogens is 512 g/mol. The third-order valence-electron chi connectivity index (χ3n) is 6.02. The molecule has 0 unspecified atom stereocenters. The van der Waals surface area contributed by atoms with Crippen LogP contribution in [-0.2, 0) is 9.53 Å². The summed E-state index contributed by atoms with van der Waals surface area (Å²) in [6.07, 6.45) is 0.290. The van der Waals surface area contributed by atoms with Crippen LogP contribution < -0.4 is 10.6 Å². The minimum Gasteiger partial charge on any atom is -0.478 e. The fourth-order valence-corrected chi connectivity index (χ4v) is 4.84. The lowest BCUT2D eigenvalue weighted by Gasteiger charge is -2.20. The zero-order valence-electron chi connectivity index (χ0n) is 19.1. The van der Waals surface area contributed by atoms with Crippen molar-refractivity contribution in [2.45, 2.75) is 31.7 Å². The summed E-state index contributed by atoms with van der Waals surface area (Å²) in [6, 6.07) is 19.8. The van der Waals surface area contributed by atoms with E-state index in [9.17, 15) is 19.5 Å². The molecule has 0 aromatic heterocycles. The van der Waals surface area contributed by atoms with Crippen LogP contribution in [0.1, 0.15) is 47.2 Å². The second kappa shape index (κ2) is 10.7. The second-order valence-corrected chi connectivity index (χ2v) is 9.12. The third-order valence-corrected chi connectivity index (χ3v) is 6.68. The largest absolute Gasteiger partial charge is 0.478 e. The Kier molecular flexibility index (Phi) is 7.51. The molecule has 1 aliphatic rings. The number of nitrogens with one attached hydrogen (secondary N) is 2. The topological polar surface area (TPSA) is 105 Å². The molecule has 0 fully saturated rings. The van der Waals surface area contributed by atoms with Gasteiger partial charge in [0.25, 0.3) is 0 Å². The van der Waals surface area contributed by atoms with Crippen LogP contribution in [0.4, 0.5) is 10.5 Å². The van der Waals surface area contributed by atoms with Gasteiger partial charge in [0.15, 0.2) is 0 Å². The molecule has 0 radical (unpaired) electrons. The van der Waals surface area contributed by atoms with Crippen molar-refractivity contribution in [2.75, 3.05) is 11.9 Å². The highest BCUT2D eigenvalue weighted by molar-refractivity contribution is 9.10. The monoisotopic (exact) mass is 536 g/mol. The van der Waals surface area contributed by atoms with Gasteiger partial charge in [-0.3, -0.25) is 4.79 Å². The number of rotatable bonds is 8. The minimum absolute atomic E-state index is 0.0517. The number of carboxylic acids is 1. The molecule has 2 amide bonds. The first-order valence-electron chi connectivity index (χ1n) is 11.3. The highest BCUT2D eigenvalue weighted by Crippen LogP contribution is 2.44. The van der Waals surface area contributed by atoms with Crippen molar-refractivity contribution in [3.05, 3.63) is 87.9 Å². The van der Waals surface area contributed by atoms with E-state index in [1.165, 1.54) is 6.07 Å². The van der Waals surface area contributed by atoms with Crippen molar-refractivity contribution < 1.29 is 24.2 Å². The number of fused-ring (bicyclic) bond motifs is 3. The molecule has 35 heavy (non-hydrogen) atoms. The van der Waals surface area contributed by atoms with Crippen LogP contribution >= 0.6 is 15.9 Å². The summed E-state index contributed by atoms with van der Waals surface area (Å²) in [6.45, 7) is 2.02. The average molecular weight is 537 g/mol. The number of aromatic carboxylic acids is 1. The number of hydrogen-bond acceptors (Lipinski definition) is 4. The lowest BCUT2D eigenvalue weighted by Crippen LogP contribution is -2.44. The van der Waals surface area contributed by atoms with E-state index < -0.39 is 24.0 Å². The summed E-state index contributed by atoms with van der Waals surface area (Å²) in [5.74, 6) is -1.78. The number of carbonyl (C=O) groups is 3. The molecule has 0 bridgehead atoms. The molecule has 0 saturated heterocycles. The van der Waals surface area contributed by atoms with Gasteiger partial charge >= 0.3 is 12.1 Å². The Hall–Kier alpha value is -3.65. The van der Waals surface area contributed by atoms with Crippen LogP contribution in [0.15, 0.2) is 71.2 Å². The summed E-state index contributed by atoms with van der Waals surface area (Å²) in [5, 5.41) is 14.7. The van der Waals surface area contributed by atoms with Gasteiger partial charge in [0.1, 0.15) is 12.6 Å². The number of para-hydroxylation sites is 1. The second-order valence-electron chi connectivity index (χ2n) is 8.27. The molecule has 180 valence electrons. The van der Waals surface area contributed by atoms with E-state index in [1.54, 1.807) is 12.1 Å². The van der Waals surface area contributed by atoms with E-state index >= 15 is 0 Å². The van der Waals surface area contributed by atoms with Gasteiger partial charge in [0.2, 0.25) is 5.91 Å². The van der Waals surface area contributed by atoms with Gasteiger partial charge in [-0.15, -0.1) is 0 Å². The minimum atomic E-state index is -1.17. The van der Waals surface area contributed by atoms with Gasteiger partial charge in [-0.25, -0.2) is 9.59 Å². The Morgan fingerprint density at radius 3 is 2.20 bits per heavy atom. The zero-order chi connectivity index (χ0) is 24.9. The first kappa shape index (κ1) is 24.5. The van der Waals surface area contributed by atoms with Crippen molar-refractivity contribution in [3.63, 3.8) is 0 Å². The summed E-state index contributed by atoms with van der Waals surface area (Å²) in [5.41, 5.74) is 4.54. The SMILES string of the molecule is CCC[C@@H](NC(=O)OCC1c2ccccc2-c2ccccc21)C(=O)Nc1c(Br)cccc1C(=O)O. The Bertz CT molecular complexity index is 1230. The highest BCUT2D eigenvalue weighted by atomic mass is 79.9. The fourth-order valence-electron chi connectivity index (χ4n) is 4.38. The van der Waals surface area contributed by atoms with E-state index in [0.717, 1.165) is 22.3 Å². The summed E-state index contributed by atoms with van der Waals surface area (Å²) in [4.78, 5) is 37.2. The smallest absolute Gasteiger partial charge is 0.407 e. The molecule has 0 spiro atoms. The van der Waals surface area contributed by atoms with Gasteiger partial charge in [0, 0.05) is 10.4 Å². The van der Waals surface area contributed by atoms with Crippen molar-refractivity contribution >= 4 is 39.6 Å². The number of amides is 2. The van der Waals surface area contributed by atoms with Gasteiger partial charge in [-0.1, -0.05) is 67.9 Å². The molecule has 3 aromatic carbocycles. The Labute approximate surface area is 211 Å². The first-order chi connectivity index (χ1) is 16.9. The number of hydrogen-bond donors (Lipinski definition) is 3. The molecule has 7 nitrogen and oxygen atoms in total. The lowest BCUT2D eigenvalue weighted by molar-refractivity contribution is -0.118. The normalized spacial score (nSPS) is 12.9. The van der Waals surface area contributed by atoms with Gasteiger partial charge in [-0.2, -0.15) is 0 Å². The number of alkyl carbamates (subject to hydrolysis) is 1. The molecule has 8 heteroatoms. The maximum absolute atomic E-state index is 13.0.